The summed E-state index contributed by atoms with van der Waals surface area (Å²) in [6.07, 6.45) is 1.92. The van der Waals surface area contributed by atoms with Gasteiger partial charge in [0, 0.05) is 35.2 Å². The van der Waals surface area contributed by atoms with Gasteiger partial charge in [0.15, 0.2) is 0 Å². The molecular weight excluding hydrogens is 817 g/mol. The van der Waals surface area contributed by atoms with Gasteiger partial charge in [0.2, 0.25) is 11.4 Å². The Bertz CT molecular complexity index is 3740. The van der Waals surface area contributed by atoms with E-state index >= 15 is 0 Å². The number of hydrogen-bond acceptors (Lipinski definition) is 2. The van der Waals surface area contributed by atoms with E-state index in [2.05, 4.69) is 243 Å². The van der Waals surface area contributed by atoms with Crippen LogP contribution in [0.5, 0.6) is 11.5 Å². The van der Waals surface area contributed by atoms with E-state index in [1.165, 1.54) is 44.3 Å². The Morgan fingerprint density at radius 2 is 1.03 bits per heavy atom. The van der Waals surface area contributed by atoms with E-state index in [1.54, 1.807) is 0 Å². The second-order valence-corrected chi connectivity index (χ2v) is 19.9. The zero-order valence-electron chi connectivity index (χ0n) is 38.7. The number of nitrogens with zero attached hydrogens (tertiary/aromatic N) is 4. The molecule has 0 aliphatic carbocycles. The molecule has 5 heteroatoms. The second kappa shape index (κ2) is 15.2. The van der Waals surface area contributed by atoms with Crippen molar-refractivity contribution < 1.29 is 4.74 Å². The van der Waals surface area contributed by atoms with Crippen LogP contribution in [0.4, 0.5) is 22.7 Å². The van der Waals surface area contributed by atoms with Crippen LogP contribution >= 0.6 is 0 Å². The fourth-order valence-electron chi connectivity index (χ4n) is 10.1. The molecule has 0 bridgehead atoms. The van der Waals surface area contributed by atoms with Crippen LogP contribution in [-0.2, 0) is 10.8 Å². The topological polar surface area (TPSA) is 33.1 Å². The summed E-state index contributed by atoms with van der Waals surface area (Å²) in [5, 5.41) is 2.32. The summed E-state index contributed by atoms with van der Waals surface area (Å²) >= 11 is 0. The molecule has 67 heavy (non-hydrogen) atoms. The van der Waals surface area contributed by atoms with Gasteiger partial charge in [0.25, 0.3) is 5.69 Å². The first kappa shape index (κ1) is 40.4. The quantitative estimate of drug-likeness (QED) is 0.162. The van der Waals surface area contributed by atoms with E-state index in [0.29, 0.717) is 0 Å². The van der Waals surface area contributed by atoms with Crippen LogP contribution in [0, 0.1) is 0 Å². The number of pyridine rings is 1. The van der Waals surface area contributed by atoms with Crippen molar-refractivity contribution in [1.82, 2.24) is 18.7 Å². The van der Waals surface area contributed by atoms with Crippen molar-refractivity contribution in [3.63, 3.8) is 0 Å². The first-order chi connectivity index (χ1) is 32.5. The van der Waals surface area contributed by atoms with Crippen molar-refractivity contribution in [3.05, 3.63) is 205 Å². The lowest BCUT2D eigenvalue weighted by molar-refractivity contribution is 0.483. The minimum absolute atomic E-state index is 0.0140. The standard InChI is InChI=1S/C62H50N4O/c1-61(2,3)41-18-13-17-40(35-41)46-26-15-27-53-49-23-9-7-21-47(49)48-22-8-10-24-50(48)54-28-16-30-56-60(54)65(59(46)53)39-64(56)43-19-14-20-44(37-43)67-45-31-32-52-51-25-11-12-29-55(51)66(57(52)38-45)58-36-42(33-34-63-58)62(4,5)6/h7-38H,1-6H3/q+2. The van der Waals surface area contributed by atoms with Crippen LogP contribution in [0.2, 0.25) is 0 Å². The third kappa shape index (κ3) is 6.73. The van der Waals surface area contributed by atoms with Crippen molar-refractivity contribution in [2.75, 3.05) is 0 Å². The molecule has 0 spiro atoms. The molecule has 0 radical (unpaired) electrons. The molecular formula is C62H50N4O+2. The first-order valence-electron chi connectivity index (χ1n) is 23.2. The van der Waals surface area contributed by atoms with E-state index < -0.39 is 0 Å². The molecule has 0 saturated heterocycles. The van der Waals surface area contributed by atoms with Crippen molar-refractivity contribution in [1.29, 1.82) is 0 Å². The molecule has 322 valence electrons. The van der Waals surface area contributed by atoms with Gasteiger partial charge in [-0.25, -0.2) is 4.98 Å². The molecule has 0 unspecified atom stereocenters. The van der Waals surface area contributed by atoms with Crippen molar-refractivity contribution in [2.45, 2.75) is 52.4 Å². The molecule has 0 N–H and O–H groups in total. The van der Waals surface area contributed by atoms with Crippen LogP contribution in [0.3, 0.4) is 0 Å². The average Bonchev–Trinajstić information content (AvgIpc) is 3.90. The Kier molecular flexibility index (Phi) is 9.19. The Hall–Kier alpha value is -8.11. The van der Waals surface area contributed by atoms with Gasteiger partial charge >= 0.3 is 11.7 Å². The Labute approximate surface area is 391 Å². The number of rotatable bonds is 5. The summed E-state index contributed by atoms with van der Waals surface area (Å²) < 4.78 is 13.6. The van der Waals surface area contributed by atoms with E-state index in [1.807, 2.05) is 12.3 Å². The third-order valence-corrected chi connectivity index (χ3v) is 13.5. The summed E-state index contributed by atoms with van der Waals surface area (Å²) in [6, 6.07) is 71.7. The maximum atomic E-state index is 6.84. The minimum atomic E-state index is -0.0197. The second-order valence-electron chi connectivity index (χ2n) is 19.9. The molecule has 2 aliphatic rings. The molecule has 0 saturated carbocycles. The van der Waals surface area contributed by atoms with Crippen molar-refractivity contribution in [3.8, 4) is 61.8 Å². The number of ether oxygens (including phenoxy) is 1. The summed E-state index contributed by atoms with van der Waals surface area (Å²) in [6.45, 7) is 13.6. The third-order valence-electron chi connectivity index (χ3n) is 13.5. The normalized spacial score (nSPS) is 12.9. The molecule has 0 atom stereocenters. The maximum Gasteiger partial charge on any atom is 0.503 e. The number of hydrogen-bond donors (Lipinski definition) is 0. The van der Waals surface area contributed by atoms with Crippen LogP contribution in [0.1, 0.15) is 52.7 Å². The molecule has 12 rings (SSSR count). The van der Waals surface area contributed by atoms with Gasteiger partial charge in [-0.15, -0.1) is 0 Å². The molecule has 10 aromatic rings. The Morgan fingerprint density at radius 3 is 1.78 bits per heavy atom. The minimum Gasteiger partial charge on any atom is -0.457 e. The zero-order chi connectivity index (χ0) is 45.6. The van der Waals surface area contributed by atoms with Gasteiger partial charge in [0.1, 0.15) is 17.3 Å². The average molecular weight is 867 g/mol. The van der Waals surface area contributed by atoms with Crippen molar-refractivity contribution in [2.24, 2.45) is 0 Å². The summed E-state index contributed by atoms with van der Waals surface area (Å²) in [4.78, 5) is 4.90. The highest BCUT2D eigenvalue weighted by molar-refractivity contribution is 6.10. The van der Waals surface area contributed by atoms with E-state index in [-0.39, 0.29) is 10.8 Å². The lowest BCUT2D eigenvalue weighted by Gasteiger charge is -2.20. The first-order valence-corrected chi connectivity index (χ1v) is 23.2. The van der Waals surface area contributed by atoms with Gasteiger partial charge in [-0.1, -0.05) is 151 Å². The summed E-state index contributed by atoms with van der Waals surface area (Å²) in [5.41, 5.74) is 18.1. The molecule has 0 amide bonds. The summed E-state index contributed by atoms with van der Waals surface area (Å²) in [5.74, 6) is 2.36. The van der Waals surface area contributed by atoms with Gasteiger partial charge in [-0.3, -0.25) is 4.57 Å². The van der Waals surface area contributed by atoms with Gasteiger partial charge < -0.3 is 4.74 Å². The summed E-state index contributed by atoms with van der Waals surface area (Å²) in [7, 11) is 0. The van der Waals surface area contributed by atoms with Gasteiger partial charge in [0.05, 0.1) is 33.8 Å². The molecule has 0 fully saturated rings. The number of aromatic nitrogens is 2. The highest BCUT2D eigenvalue weighted by Crippen LogP contribution is 2.53. The molecule has 5 nitrogen and oxygen atoms in total. The SMILES string of the molecule is CC(C)(C)c1cccc(-c2cccc3c2[N+]2=C=[N+](c4cccc(Oc5ccc6c7ccccc7n(-c7cc(C(C)(C)C)ccn7)c6c5)c4)c4cccc(c42)-c2ccccc2-c2ccccc2-3)c1. The maximum absolute atomic E-state index is 6.84. The fraction of sp³-hybridized carbons (Fsp3) is 0.129. The molecule has 2 aliphatic heterocycles. The highest BCUT2D eigenvalue weighted by Gasteiger charge is 2.43. The number of para-hydroxylation sites is 3. The van der Waals surface area contributed by atoms with Gasteiger partial charge in [-0.2, -0.15) is 0 Å². The van der Waals surface area contributed by atoms with E-state index in [9.17, 15) is 0 Å². The number of fused-ring (bicyclic) bond motifs is 10. The molecule has 2 aromatic heterocycles. The fourth-order valence-corrected chi connectivity index (χ4v) is 10.1. The van der Waals surface area contributed by atoms with Crippen LogP contribution in [0.15, 0.2) is 194 Å². The van der Waals surface area contributed by atoms with Crippen LogP contribution < -0.4 is 13.9 Å². The lowest BCUT2D eigenvalue weighted by atomic mass is 9.84. The van der Waals surface area contributed by atoms with E-state index in [4.69, 9.17) is 9.72 Å². The highest BCUT2D eigenvalue weighted by atomic mass is 16.5. The Balaban J connectivity index is 1.05. The monoisotopic (exact) mass is 866 g/mol. The largest absolute Gasteiger partial charge is 0.503 e. The predicted octanol–water partition coefficient (Wildman–Crippen LogP) is 16.4. The predicted molar refractivity (Wildman–Crippen MR) is 279 cm³/mol. The molecule has 8 aromatic carbocycles. The van der Waals surface area contributed by atoms with Crippen LogP contribution in [0.25, 0.3) is 72.1 Å². The van der Waals surface area contributed by atoms with Crippen LogP contribution in [-0.4, -0.2) is 15.6 Å². The van der Waals surface area contributed by atoms with Crippen molar-refractivity contribution >= 4 is 50.6 Å². The Morgan fingerprint density at radius 1 is 0.448 bits per heavy atom. The zero-order valence-corrected chi connectivity index (χ0v) is 38.7. The lowest BCUT2D eigenvalue weighted by Crippen LogP contribution is -2.12. The van der Waals surface area contributed by atoms with E-state index in [0.717, 1.165) is 73.2 Å². The smallest absolute Gasteiger partial charge is 0.457 e. The molecule has 4 heterocycles. The number of benzene rings is 8. The van der Waals surface area contributed by atoms with Gasteiger partial charge in [-0.05, 0) is 114 Å².